The minimum Gasteiger partial charge on any atom is -0.372 e. The molecule has 0 aliphatic carbocycles. The molecule has 7 nitrogen and oxygen atoms in total. The lowest BCUT2D eigenvalue weighted by Gasteiger charge is -2.20. The number of amides is 1. The number of anilines is 1. The third-order valence-electron chi connectivity index (χ3n) is 4.67. The van der Waals surface area contributed by atoms with Crippen molar-refractivity contribution in [3.05, 3.63) is 52.8 Å². The van der Waals surface area contributed by atoms with Gasteiger partial charge in [0.25, 0.3) is 5.91 Å². The van der Waals surface area contributed by atoms with Crippen LogP contribution in [0.4, 0.5) is 5.69 Å². The van der Waals surface area contributed by atoms with Crippen molar-refractivity contribution in [3.63, 3.8) is 0 Å². The second-order valence-electron chi connectivity index (χ2n) is 6.49. The van der Waals surface area contributed by atoms with E-state index in [4.69, 9.17) is 11.6 Å². The average Bonchev–Trinajstić information content (AvgIpc) is 3.05. The Kier molecular flexibility index (Phi) is 6.41. The van der Waals surface area contributed by atoms with Gasteiger partial charge in [-0.3, -0.25) is 4.79 Å². The number of fused-ring (bicyclic) bond motifs is 1. The standard InChI is InChI=1S/C21H22N4O3S2/c1-4-13-25-18-12-11-17(30(22,27)28)14-19(18)29-21(25)23-20(26)15-7-9-16(10-8-15)24(5-2)6-3/h1,7-12,14H,5-6,13H2,2-3H3,(H2,22,27,28). The Morgan fingerprint density at radius 2 is 1.87 bits per heavy atom. The van der Waals surface area contributed by atoms with Crippen molar-refractivity contribution in [1.29, 1.82) is 0 Å². The summed E-state index contributed by atoms with van der Waals surface area (Å²) in [6.45, 7) is 6.10. The minimum absolute atomic E-state index is 0.00558. The highest BCUT2D eigenvalue weighted by molar-refractivity contribution is 7.89. The summed E-state index contributed by atoms with van der Waals surface area (Å²) in [6.07, 6.45) is 5.48. The lowest BCUT2D eigenvalue weighted by Crippen LogP contribution is -2.21. The van der Waals surface area contributed by atoms with Gasteiger partial charge in [0.15, 0.2) is 4.80 Å². The monoisotopic (exact) mass is 442 g/mol. The largest absolute Gasteiger partial charge is 0.372 e. The van der Waals surface area contributed by atoms with Crippen LogP contribution in [-0.2, 0) is 16.6 Å². The predicted molar refractivity (Wildman–Crippen MR) is 120 cm³/mol. The minimum atomic E-state index is -3.84. The molecule has 0 aliphatic heterocycles. The number of thiazole rings is 1. The second-order valence-corrected chi connectivity index (χ2v) is 9.06. The first-order valence-electron chi connectivity index (χ1n) is 9.32. The number of terminal acetylenes is 1. The second kappa shape index (κ2) is 8.83. The Morgan fingerprint density at radius 3 is 2.43 bits per heavy atom. The first-order valence-corrected chi connectivity index (χ1v) is 11.7. The number of nitrogens with zero attached hydrogens (tertiary/aromatic N) is 3. The van der Waals surface area contributed by atoms with Gasteiger partial charge in [0.1, 0.15) is 0 Å². The predicted octanol–water partition coefficient (Wildman–Crippen LogP) is 2.57. The molecule has 156 valence electrons. The number of hydrogen-bond donors (Lipinski definition) is 1. The van der Waals surface area contributed by atoms with E-state index in [1.54, 1.807) is 22.8 Å². The first-order chi connectivity index (χ1) is 14.3. The van der Waals surface area contributed by atoms with Crippen molar-refractivity contribution in [3.8, 4) is 12.3 Å². The molecule has 3 rings (SSSR count). The van der Waals surface area contributed by atoms with Crippen LogP contribution in [-0.4, -0.2) is 32.0 Å². The molecule has 0 aliphatic rings. The molecule has 0 saturated carbocycles. The number of carbonyl (C=O) groups is 1. The maximum atomic E-state index is 12.7. The van der Waals surface area contributed by atoms with E-state index in [9.17, 15) is 13.2 Å². The Labute approximate surface area is 179 Å². The van der Waals surface area contributed by atoms with Crippen LogP contribution in [0.15, 0.2) is 52.4 Å². The molecule has 1 amide bonds. The molecule has 0 atom stereocenters. The Hall–Kier alpha value is -2.93. The van der Waals surface area contributed by atoms with E-state index >= 15 is 0 Å². The topological polar surface area (TPSA) is 97.8 Å². The van der Waals surface area contributed by atoms with Gasteiger partial charge in [-0.2, -0.15) is 4.99 Å². The van der Waals surface area contributed by atoms with Gasteiger partial charge >= 0.3 is 0 Å². The fourth-order valence-corrected chi connectivity index (χ4v) is 4.80. The lowest BCUT2D eigenvalue weighted by atomic mass is 10.2. The normalized spacial score (nSPS) is 12.1. The molecule has 2 N–H and O–H groups in total. The highest BCUT2D eigenvalue weighted by atomic mass is 32.2. The van der Waals surface area contributed by atoms with Gasteiger partial charge < -0.3 is 9.47 Å². The molecule has 0 radical (unpaired) electrons. The number of primary sulfonamides is 1. The zero-order valence-corrected chi connectivity index (χ0v) is 18.3. The Bertz CT molecular complexity index is 1290. The van der Waals surface area contributed by atoms with Gasteiger partial charge in [-0.05, 0) is 56.3 Å². The van der Waals surface area contributed by atoms with Gasteiger partial charge in [-0.1, -0.05) is 17.3 Å². The van der Waals surface area contributed by atoms with Crippen LogP contribution < -0.4 is 14.8 Å². The molecule has 9 heteroatoms. The van der Waals surface area contributed by atoms with Gasteiger partial charge in [0.2, 0.25) is 10.0 Å². The maximum absolute atomic E-state index is 12.7. The fraction of sp³-hybridized carbons (Fsp3) is 0.238. The molecule has 30 heavy (non-hydrogen) atoms. The molecule has 0 unspecified atom stereocenters. The van der Waals surface area contributed by atoms with E-state index in [1.165, 1.54) is 23.5 Å². The zero-order chi connectivity index (χ0) is 21.9. The summed E-state index contributed by atoms with van der Waals surface area (Å²) in [7, 11) is -3.84. The highest BCUT2D eigenvalue weighted by Crippen LogP contribution is 2.21. The van der Waals surface area contributed by atoms with Crippen LogP contribution in [0.2, 0.25) is 0 Å². The van der Waals surface area contributed by atoms with Gasteiger partial charge in [0.05, 0.1) is 21.7 Å². The van der Waals surface area contributed by atoms with E-state index in [-0.39, 0.29) is 11.4 Å². The molecule has 1 heterocycles. The number of aromatic nitrogens is 1. The summed E-state index contributed by atoms with van der Waals surface area (Å²) in [5.74, 6) is 2.15. The molecular weight excluding hydrogens is 420 g/mol. The molecule has 2 aromatic carbocycles. The van der Waals surface area contributed by atoms with Crippen LogP contribution in [0.5, 0.6) is 0 Å². The third-order valence-corrected chi connectivity index (χ3v) is 6.62. The third kappa shape index (κ3) is 4.46. The molecule has 3 aromatic rings. The van der Waals surface area contributed by atoms with Crippen LogP contribution in [0, 0.1) is 12.3 Å². The van der Waals surface area contributed by atoms with E-state index in [1.807, 2.05) is 12.1 Å². The summed E-state index contributed by atoms with van der Waals surface area (Å²) < 4.78 is 25.6. The average molecular weight is 443 g/mol. The van der Waals surface area contributed by atoms with Crippen LogP contribution >= 0.6 is 11.3 Å². The molecule has 0 bridgehead atoms. The van der Waals surface area contributed by atoms with E-state index in [0.717, 1.165) is 18.8 Å². The molecule has 0 spiro atoms. The van der Waals surface area contributed by atoms with Crippen LogP contribution in [0.3, 0.4) is 0 Å². The summed E-state index contributed by atoms with van der Waals surface area (Å²) in [4.78, 5) is 19.6. The van der Waals surface area contributed by atoms with Crippen molar-refractivity contribution in [2.75, 3.05) is 18.0 Å². The molecular formula is C21H22N4O3S2. The highest BCUT2D eigenvalue weighted by Gasteiger charge is 2.13. The lowest BCUT2D eigenvalue weighted by molar-refractivity contribution is 0.0998. The number of benzene rings is 2. The van der Waals surface area contributed by atoms with Crippen molar-refractivity contribution >= 4 is 43.2 Å². The maximum Gasteiger partial charge on any atom is 0.279 e. The van der Waals surface area contributed by atoms with E-state index in [0.29, 0.717) is 20.6 Å². The summed E-state index contributed by atoms with van der Waals surface area (Å²) >= 11 is 1.18. The zero-order valence-electron chi connectivity index (χ0n) is 16.7. The van der Waals surface area contributed by atoms with Crippen LogP contribution in [0.25, 0.3) is 10.2 Å². The number of sulfonamides is 1. The number of nitrogens with two attached hydrogens (primary N) is 1. The van der Waals surface area contributed by atoms with Gasteiger partial charge in [-0.25, -0.2) is 13.6 Å². The molecule has 1 aromatic heterocycles. The smallest absolute Gasteiger partial charge is 0.279 e. The van der Waals surface area contributed by atoms with Crippen molar-refractivity contribution < 1.29 is 13.2 Å². The molecule has 0 saturated heterocycles. The fourth-order valence-electron chi connectivity index (χ4n) is 3.11. The SMILES string of the molecule is C#CCn1c(=NC(=O)c2ccc(N(CC)CC)cc2)sc2cc(S(N)(=O)=O)ccc21. The van der Waals surface area contributed by atoms with Crippen molar-refractivity contribution in [1.82, 2.24) is 4.57 Å². The Morgan fingerprint density at radius 1 is 1.20 bits per heavy atom. The number of rotatable bonds is 6. The number of carbonyl (C=O) groups excluding carboxylic acids is 1. The first kappa shape index (κ1) is 21.8. The molecule has 0 fully saturated rings. The quantitative estimate of drug-likeness (QED) is 0.593. The number of hydrogen-bond acceptors (Lipinski definition) is 5. The Balaban J connectivity index is 2.05. The van der Waals surface area contributed by atoms with E-state index in [2.05, 4.69) is 29.7 Å². The van der Waals surface area contributed by atoms with E-state index < -0.39 is 15.9 Å². The summed E-state index contributed by atoms with van der Waals surface area (Å²) in [6, 6.07) is 11.8. The summed E-state index contributed by atoms with van der Waals surface area (Å²) in [5, 5.41) is 5.22. The summed E-state index contributed by atoms with van der Waals surface area (Å²) in [5.41, 5.74) is 2.19. The van der Waals surface area contributed by atoms with Gasteiger partial charge in [-0.15, -0.1) is 6.42 Å². The van der Waals surface area contributed by atoms with Gasteiger partial charge in [0, 0.05) is 24.3 Å². The van der Waals surface area contributed by atoms with Crippen molar-refractivity contribution in [2.45, 2.75) is 25.3 Å². The van der Waals surface area contributed by atoms with Crippen LogP contribution in [0.1, 0.15) is 24.2 Å². The van der Waals surface area contributed by atoms with Crippen molar-refractivity contribution in [2.24, 2.45) is 10.1 Å².